The van der Waals surface area contributed by atoms with Crippen LogP contribution in [-0.2, 0) is 6.54 Å². The Morgan fingerprint density at radius 3 is 2.74 bits per heavy atom. The maximum Gasteiger partial charge on any atom is 0.261 e. The van der Waals surface area contributed by atoms with Crippen molar-refractivity contribution in [3.63, 3.8) is 0 Å². The number of likely N-dealkylation sites (tertiary alicyclic amines) is 1. The van der Waals surface area contributed by atoms with Gasteiger partial charge in [0.2, 0.25) is 0 Å². The summed E-state index contributed by atoms with van der Waals surface area (Å²) in [6.07, 6.45) is 2.66. The van der Waals surface area contributed by atoms with Crippen molar-refractivity contribution in [2.45, 2.75) is 38.5 Å². The van der Waals surface area contributed by atoms with Gasteiger partial charge in [0.1, 0.15) is 35.6 Å². The molecule has 0 bridgehead atoms. The molecule has 1 saturated heterocycles. The molecule has 11 heteroatoms. The number of aryl methyl sites for hydroxylation is 1. The molecule has 2 aliphatic rings. The standard InChI is InChI=1S/C31H36N6O5/c1-18-12-22(41-3)4-5-27(18)42-17-21(38)15-33-24-6-9-32-30(39)28(24)29-34-25-13-19-16-37(20-7-10-36(2)11-8-20)31(40)23(19)14-26(25)35-29/h4-6,9,12-14,20-21,38H,7-8,10-11,15-17H2,1-3H3,(H,34,35)(H2,32,33,39). The monoisotopic (exact) mass is 572 g/mol. The summed E-state index contributed by atoms with van der Waals surface area (Å²) in [5.74, 6) is 1.84. The highest BCUT2D eigenvalue weighted by Crippen LogP contribution is 2.32. The third-order valence-corrected chi connectivity index (χ3v) is 8.21. The first-order valence-corrected chi connectivity index (χ1v) is 14.2. The molecule has 0 saturated carbocycles. The number of amides is 1. The summed E-state index contributed by atoms with van der Waals surface area (Å²) in [5, 5.41) is 13.8. The minimum Gasteiger partial charge on any atom is -0.497 e. The molecule has 4 N–H and O–H groups in total. The number of benzene rings is 2. The fourth-order valence-electron chi connectivity index (χ4n) is 5.80. The van der Waals surface area contributed by atoms with Crippen LogP contribution in [0.4, 0.5) is 5.69 Å². The van der Waals surface area contributed by atoms with E-state index < -0.39 is 6.10 Å². The SMILES string of the molecule is COc1ccc(OCC(O)CNc2cc[nH]c(=O)c2-c2nc3cc4c(cc3[nH]2)C(=O)N(C2CCN(C)CC2)C4)c(C)c1. The van der Waals surface area contributed by atoms with E-state index in [9.17, 15) is 14.7 Å². The second-order valence-corrected chi connectivity index (χ2v) is 11.2. The predicted molar refractivity (Wildman–Crippen MR) is 160 cm³/mol. The first-order chi connectivity index (χ1) is 20.3. The zero-order chi connectivity index (χ0) is 29.4. The van der Waals surface area contributed by atoms with Gasteiger partial charge in [-0.05, 0) is 87.4 Å². The normalized spacial score (nSPS) is 16.6. The molecule has 2 aromatic carbocycles. The Bertz CT molecular complexity index is 1670. The molecule has 1 unspecified atom stereocenters. The van der Waals surface area contributed by atoms with Crippen LogP contribution in [0.3, 0.4) is 0 Å². The average Bonchev–Trinajstić information content (AvgIpc) is 3.54. The van der Waals surface area contributed by atoms with E-state index >= 15 is 0 Å². The first-order valence-electron chi connectivity index (χ1n) is 14.2. The predicted octanol–water partition coefficient (Wildman–Crippen LogP) is 3.14. The Hall–Kier alpha value is -4.35. The third kappa shape index (κ3) is 5.45. The van der Waals surface area contributed by atoms with Crippen molar-refractivity contribution in [2.75, 3.05) is 45.7 Å². The second kappa shape index (κ2) is 11.5. The Labute approximate surface area is 243 Å². The molecule has 0 spiro atoms. The summed E-state index contributed by atoms with van der Waals surface area (Å²) in [7, 11) is 3.72. The molecule has 4 aromatic rings. The van der Waals surface area contributed by atoms with E-state index in [-0.39, 0.29) is 30.7 Å². The van der Waals surface area contributed by atoms with Gasteiger partial charge in [-0.3, -0.25) is 9.59 Å². The minimum atomic E-state index is -0.837. The third-order valence-electron chi connectivity index (χ3n) is 8.21. The van der Waals surface area contributed by atoms with Gasteiger partial charge in [-0.2, -0.15) is 0 Å². The van der Waals surface area contributed by atoms with E-state index in [1.165, 1.54) is 0 Å². The number of imidazole rings is 1. The van der Waals surface area contributed by atoms with Crippen molar-refractivity contribution in [3.05, 3.63) is 69.6 Å². The molecule has 2 aromatic heterocycles. The van der Waals surface area contributed by atoms with Gasteiger partial charge in [-0.1, -0.05) is 0 Å². The van der Waals surface area contributed by atoms with Gasteiger partial charge < -0.3 is 39.7 Å². The highest BCUT2D eigenvalue weighted by Gasteiger charge is 2.34. The molecule has 0 aliphatic carbocycles. The van der Waals surface area contributed by atoms with E-state index in [4.69, 9.17) is 14.5 Å². The number of carbonyl (C=O) groups is 1. The molecule has 6 rings (SSSR count). The molecule has 1 amide bonds. The van der Waals surface area contributed by atoms with Gasteiger partial charge in [0, 0.05) is 30.9 Å². The summed E-state index contributed by atoms with van der Waals surface area (Å²) in [5.41, 5.74) is 4.46. The number of methoxy groups -OCH3 is 1. The second-order valence-electron chi connectivity index (χ2n) is 11.2. The number of rotatable bonds is 9. The lowest BCUT2D eigenvalue weighted by atomic mass is 10.0. The Kier molecular flexibility index (Phi) is 7.61. The number of nitrogens with zero attached hydrogens (tertiary/aromatic N) is 3. The molecule has 4 heterocycles. The summed E-state index contributed by atoms with van der Waals surface area (Å²) in [4.78, 5) is 41.2. The van der Waals surface area contributed by atoms with Crippen LogP contribution in [0.25, 0.3) is 22.4 Å². The van der Waals surface area contributed by atoms with Crippen LogP contribution in [0.1, 0.15) is 34.3 Å². The van der Waals surface area contributed by atoms with Crippen molar-refractivity contribution in [1.82, 2.24) is 24.8 Å². The Morgan fingerprint density at radius 2 is 1.98 bits per heavy atom. The lowest BCUT2D eigenvalue weighted by molar-refractivity contribution is 0.0617. The van der Waals surface area contributed by atoms with Crippen LogP contribution in [0.15, 0.2) is 47.4 Å². The molecule has 2 aliphatic heterocycles. The van der Waals surface area contributed by atoms with Gasteiger partial charge in [0.25, 0.3) is 11.5 Å². The number of aliphatic hydroxyl groups is 1. The van der Waals surface area contributed by atoms with Gasteiger partial charge >= 0.3 is 0 Å². The summed E-state index contributed by atoms with van der Waals surface area (Å²) in [6, 6.07) is 11.3. The molecule has 11 nitrogen and oxygen atoms in total. The van der Waals surface area contributed by atoms with E-state index in [0.29, 0.717) is 46.0 Å². The summed E-state index contributed by atoms with van der Waals surface area (Å²) < 4.78 is 11.0. The summed E-state index contributed by atoms with van der Waals surface area (Å²) >= 11 is 0. The van der Waals surface area contributed by atoms with Crippen LogP contribution in [0, 0.1) is 6.92 Å². The van der Waals surface area contributed by atoms with Crippen LogP contribution in [-0.4, -0.2) is 88.3 Å². The maximum absolute atomic E-state index is 13.3. The number of ether oxygens (including phenoxy) is 2. The number of fused-ring (bicyclic) bond motifs is 2. The van der Waals surface area contributed by atoms with Gasteiger partial charge in [0.15, 0.2) is 0 Å². The quantitative estimate of drug-likeness (QED) is 0.240. The van der Waals surface area contributed by atoms with Gasteiger partial charge in [-0.25, -0.2) is 4.98 Å². The topological polar surface area (TPSA) is 136 Å². The lowest BCUT2D eigenvalue weighted by Gasteiger charge is -2.34. The number of anilines is 1. The van der Waals surface area contributed by atoms with Crippen molar-refractivity contribution < 1.29 is 19.4 Å². The van der Waals surface area contributed by atoms with Crippen LogP contribution in [0.5, 0.6) is 11.5 Å². The van der Waals surface area contributed by atoms with Crippen molar-refractivity contribution in [3.8, 4) is 22.9 Å². The van der Waals surface area contributed by atoms with E-state index in [0.717, 1.165) is 42.8 Å². The van der Waals surface area contributed by atoms with Crippen LogP contribution < -0.4 is 20.3 Å². The van der Waals surface area contributed by atoms with E-state index in [1.54, 1.807) is 31.5 Å². The largest absolute Gasteiger partial charge is 0.497 e. The molecule has 1 atom stereocenters. The Balaban J connectivity index is 1.16. The molecule has 42 heavy (non-hydrogen) atoms. The molecule has 220 valence electrons. The van der Waals surface area contributed by atoms with Gasteiger partial charge in [-0.15, -0.1) is 0 Å². The van der Waals surface area contributed by atoms with Crippen molar-refractivity contribution in [2.24, 2.45) is 0 Å². The molecule has 0 radical (unpaired) electrons. The number of H-pyrrole nitrogens is 2. The highest BCUT2D eigenvalue weighted by molar-refractivity contribution is 6.02. The average molecular weight is 573 g/mol. The fraction of sp³-hybridized carbons (Fsp3) is 0.387. The number of aliphatic hydroxyl groups excluding tert-OH is 1. The van der Waals surface area contributed by atoms with Crippen molar-refractivity contribution in [1.29, 1.82) is 0 Å². The number of carbonyl (C=O) groups excluding carboxylic acids is 1. The number of piperidine rings is 1. The zero-order valence-electron chi connectivity index (χ0n) is 24.1. The number of hydrogen-bond donors (Lipinski definition) is 4. The van der Waals surface area contributed by atoms with Crippen LogP contribution >= 0.6 is 0 Å². The maximum atomic E-state index is 13.3. The number of aromatic nitrogens is 3. The highest BCUT2D eigenvalue weighted by atomic mass is 16.5. The number of nitrogens with one attached hydrogen (secondary N) is 3. The number of pyridine rings is 1. The summed E-state index contributed by atoms with van der Waals surface area (Å²) in [6.45, 7) is 4.69. The van der Waals surface area contributed by atoms with Gasteiger partial charge in [0.05, 0.1) is 23.8 Å². The molecular weight excluding hydrogens is 536 g/mol. The minimum absolute atomic E-state index is 0.0542. The molecular formula is C31H36N6O5. The lowest BCUT2D eigenvalue weighted by Crippen LogP contribution is -2.43. The smallest absolute Gasteiger partial charge is 0.261 e. The van der Waals surface area contributed by atoms with Crippen LogP contribution in [0.2, 0.25) is 0 Å². The van der Waals surface area contributed by atoms with E-state index in [1.807, 2.05) is 30.0 Å². The first kappa shape index (κ1) is 27.8. The number of hydrogen-bond acceptors (Lipinski definition) is 8. The van der Waals surface area contributed by atoms with E-state index in [2.05, 4.69) is 27.2 Å². The fourth-order valence-corrected chi connectivity index (χ4v) is 5.80. The molecule has 1 fully saturated rings. The number of aromatic amines is 2. The zero-order valence-corrected chi connectivity index (χ0v) is 24.1. The Morgan fingerprint density at radius 1 is 1.17 bits per heavy atom. The van der Waals surface area contributed by atoms with Crippen molar-refractivity contribution >= 4 is 22.6 Å².